The fourth-order valence-corrected chi connectivity index (χ4v) is 1.36. The van der Waals surface area contributed by atoms with Gasteiger partial charge in [0.2, 0.25) is 0 Å². The van der Waals surface area contributed by atoms with E-state index in [2.05, 4.69) is 20.9 Å². The highest BCUT2D eigenvalue weighted by Crippen LogP contribution is 2.25. The van der Waals surface area contributed by atoms with Gasteiger partial charge < -0.3 is 0 Å². The summed E-state index contributed by atoms with van der Waals surface area (Å²) in [7, 11) is 0. The van der Waals surface area contributed by atoms with Crippen molar-refractivity contribution in [2.45, 2.75) is 11.8 Å². The zero-order valence-electron chi connectivity index (χ0n) is 6.78. The zero-order chi connectivity index (χ0) is 10.7. The maximum Gasteiger partial charge on any atom is 0.287 e. The topological polar surface area (TPSA) is 56.0 Å². The van der Waals surface area contributed by atoms with Crippen LogP contribution in [-0.4, -0.2) is 9.91 Å². The second-order valence-corrected chi connectivity index (χ2v) is 2.99. The van der Waals surface area contributed by atoms with Crippen LogP contribution in [0.3, 0.4) is 0 Å². The van der Waals surface area contributed by atoms with Crippen molar-refractivity contribution in [2.24, 2.45) is 0 Å². The third kappa shape index (κ3) is 2.22. The molecule has 1 heterocycles. The molecule has 0 aliphatic rings. The van der Waals surface area contributed by atoms with Crippen molar-refractivity contribution < 1.29 is 13.7 Å². The first kappa shape index (κ1) is 11.0. The Balaban J connectivity index is 3.18. The summed E-state index contributed by atoms with van der Waals surface area (Å²) in [6.07, 6.45) is -1.89. The molecule has 1 aromatic heterocycles. The van der Waals surface area contributed by atoms with Gasteiger partial charge in [-0.1, -0.05) is 15.9 Å². The molecule has 1 aromatic rings. The minimum absolute atomic E-state index is 0.112. The lowest BCUT2D eigenvalue weighted by Crippen LogP contribution is -1.99. The smallest absolute Gasteiger partial charge is 0.258 e. The van der Waals surface area contributed by atoms with Crippen LogP contribution in [0.5, 0.6) is 0 Å². The number of hydrogen-bond donors (Lipinski definition) is 0. The Morgan fingerprint density at radius 3 is 2.71 bits per heavy atom. The molecule has 0 bridgehead atoms. The van der Waals surface area contributed by atoms with Crippen LogP contribution in [0.1, 0.15) is 17.7 Å². The van der Waals surface area contributed by atoms with Crippen molar-refractivity contribution in [1.82, 2.24) is 4.98 Å². The lowest BCUT2D eigenvalue weighted by atomic mass is 10.2. The number of nitro groups is 1. The predicted molar refractivity (Wildman–Crippen MR) is 48.5 cm³/mol. The van der Waals surface area contributed by atoms with Gasteiger partial charge >= 0.3 is 0 Å². The van der Waals surface area contributed by atoms with Crippen LogP contribution < -0.4 is 0 Å². The molecule has 1 rings (SSSR count). The summed E-state index contributed by atoms with van der Waals surface area (Å²) in [6, 6.07) is 1.09. The molecule has 0 saturated carbocycles. The lowest BCUT2D eigenvalue weighted by molar-refractivity contribution is -0.385. The summed E-state index contributed by atoms with van der Waals surface area (Å²) in [5, 5.41) is 10.4. The highest BCUT2D eigenvalue weighted by molar-refractivity contribution is 9.08. The van der Waals surface area contributed by atoms with Crippen LogP contribution in [-0.2, 0) is 5.33 Å². The SMILES string of the molecule is O=[N+]([O-])c1cnc(C(F)F)c(CBr)c1. The standard InChI is InChI=1S/C7H5BrF2N2O2/c8-2-4-1-5(12(13)14)3-11-6(4)7(9)10/h1,3,7H,2H2. The Labute approximate surface area is 86.2 Å². The van der Waals surface area contributed by atoms with Gasteiger partial charge in [0.1, 0.15) is 11.9 Å². The van der Waals surface area contributed by atoms with E-state index in [0.29, 0.717) is 0 Å². The molecule has 0 aliphatic heterocycles. The summed E-state index contributed by atoms with van der Waals surface area (Å²) >= 11 is 2.96. The molecule has 0 radical (unpaired) electrons. The van der Waals surface area contributed by atoms with Gasteiger partial charge in [0.25, 0.3) is 12.1 Å². The molecule has 7 heteroatoms. The molecule has 0 amide bonds. The Kier molecular flexibility index (Phi) is 3.45. The van der Waals surface area contributed by atoms with Gasteiger partial charge in [-0.25, -0.2) is 13.8 Å². The Morgan fingerprint density at radius 2 is 2.29 bits per heavy atom. The Hall–Kier alpha value is -1.11. The van der Waals surface area contributed by atoms with E-state index in [9.17, 15) is 18.9 Å². The molecule has 76 valence electrons. The molecule has 0 aromatic carbocycles. The Morgan fingerprint density at radius 1 is 1.64 bits per heavy atom. The second-order valence-electron chi connectivity index (χ2n) is 2.43. The van der Waals surface area contributed by atoms with Crippen molar-refractivity contribution in [3.8, 4) is 0 Å². The first-order valence-corrected chi connectivity index (χ1v) is 4.65. The molecule has 0 atom stereocenters. The maximum atomic E-state index is 12.3. The molecule has 0 saturated heterocycles. The maximum absolute atomic E-state index is 12.3. The third-order valence-corrected chi connectivity index (χ3v) is 2.15. The van der Waals surface area contributed by atoms with Crippen LogP contribution in [0.4, 0.5) is 14.5 Å². The number of halogens is 3. The lowest BCUT2D eigenvalue weighted by Gasteiger charge is -2.03. The number of nitrogens with zero attached hydrogens (tertiary/aromatic N) is 2. The number of aromatic nitrogens is 1. The fourth-order valence-electron chi connectivity index (χ4n) is 0.912. The Bertz CT molecular complexity index is 360. The van der Waals surface area contributed by atoms with Crippen LogP contribution in [0.2, 0.25) is 0 Å². The molecule has 0 N–H and O–H groups in total. The molecule has 0 spiro atoms. The summed E-state index contributed by atoms with van der Waals surface area (Å²) in [4.78, 5) is 13.0. The van der Waals surface area contributed by atoms with Crippen LogP contribution in [0.15, 0.2) is 12.3 Å². The monoisotopic (exact) mass is 266 g/mol. The molecular formula is C7H5BrF2N2O2. The van der Waals surface area contributed by atoms with E-state index in [1.165, 1.54) is 0 Å². The average Bonchev–Trinajstić information content (AvgIpc) is 2.16. The van der Waals surface area contributed by atoms with Crippen LogP contribution in [0.25, 0.3) is 0 Å². The predicted octanol–water partition coefficient (Wildman–Crippen LogP) is 2.82. The molecule has 0 aliphatic carbocycles. The van der Waals surface area contributed by atoms with E-state index in [-0.39, 0.29) is 16.6 Å². The van der Waals surface area contributed by atoms with E-state index in [0.717, 1.165) is 12.3 Å². The minimum Gasteiger partial charge on any atom is -0.258 e. The van der Waals surface area contributed by atoms with Gasteiger partial charge in [-0.2, -0.15) is 0 Å². The van der Waals surface area contributed by atoms with Crippen molar-refractivity contribution in [3.63, 3.8) is 0 Å². The number of pyridine rings is 1. The quantitative estimate of drug-likeness (QED) is 0.480. The third-order valence-electron chi connectivity index (χ3n) is 1.55. The highest BCUT2D eigenvalue weighted by Gasteiger charge is 2.17. The minimum atomic E-state index is -2.72. The first-order valence-electron chi connectivity index (χ1n) is 3.53. The molecule has 0 unspecified atom stereocenters. The molecule has 4 nitrogen and oxygen atoms in total. The highest BCUT2D eigenvalue weighted by atomic mass is 79.9. The summed E-state index contributed by atoms with van der Waals surface area (Å²) in [6.45, 7) is 0. The summed E-state index contributed by atoms with van der Waals surface area (Å²) in [5.41, 5.74) is -0.578. The summed E-state index contributed by atoms with van der Waals surface area (Å²) < 4.78 is 24.6. The number of alkyl halides is 3. The van der Waals surface area contributed by atoms with Crippen molar-refractivity contribution in [2.75, 3.05) is 0 Å². The molecule has 0 fully saturated rings. The summed E-state index contributed by atoms with van der Waals surface area (Å²) in [5.74, 6) is 0. The van der Waals surface area contributed by atoms with Gasteiger partial charge in [0, 0.05) is 11.4 Å². The first-order chi connectivity index (χ1) is 6.56. The van der Waals surface area contributed by atoms with Crippen LogP contribution >= 0.6 is 15.9 Å². The van der Waals surface area contributed by atoms with E-state index in [1.807, 2.05) is 0 Å². The van der Waals surface area contributed by atoms with Gasteiger partial charge in [-0.3, -0.25) is 10.1 Å². The largest absolute Gasteiger partial charge is 0.287 e. The van der Waals surface area contributed by atoms with Gasteiger partial charge in [0.05, 0.1) is 4.92 Å². The van der Waals surface area contributed by atoms with Gasteiger partial charge in [-0.15, -0.1) is 0 Å². The number of hydrogen-bond acceptors (Lipinski definition) is 3. The molecule has 14 heavy (non-hydrogen) atoms. The van der Waals surface area contributed by atoms with Crippen LogP contribution in [0, 0.1) is 10.1 Å². The van der Waals surface area contributed by atoms with Crippen molar-refractivity contribution in [1.29, 1.82) is 0 Å². The van der Waals surface area contributed by atoms with E-state index in [4.69, 9.17) is 0 Å². The van der Waals surface area contributed by atoms with Crippen molar-refractivity contribution in [3.05, 3.63) is 33.6 Å². The number of rotatable bonds is 3. The second kappa shape index (κ2) is 4.41. The van der Waals surface area contributed by atoms with Gasteiger partial charge in [-0.05, 0) is 5.56 Å². The average molecular weight is 267 g/mol. The molecular weight excluding hydrogens is 262 g/mol. The van der Waals surface area contributed by atoms with Crippen molar-refractivity contribution >= 4 is 21.6 Å². The van der Waals surface area contributed by atoms with E-state index in [1.54, 1.807) is 0 Å². The zero-order valence-corrected chi connectivity index (χ0v) is 8.37. The van der Waals surface area contributed by atoms with E-state index >= 15 is 0 Å². The normalized spacial score (nSPS) is 10.6. The van der Waals surface area contributed by atoms with E-state index < -0.39 is 17.0 Å². The fraction of sp³-hybridized carbons (Fsp3) is 0.286. The van der Waals surface area contributed by atoms with Gasteiger partial charge in [0.15, 0.2) is 0 Å².